The lowest BCUT2D eigenvalue weighted by atomic mass is 9.68. The van der Waals surface area contributed by atoms with Crippen LogP contribution in [0.5, 0.6) is 0 Å². The molecule has 0 aliphatic heterocycles. The van der Waals surface area contributed by atoms with Crippen molar-refractivity contribution in [2.24, 2.45) is 11.3 Å². The van der Waals surface area contributed by atoms with E-state index < -0.39 is 38.5 Å². The van der Waals surface area contributed by atoms with Gasteiger partial charge in [0, 0.05) is 23.7 Å². The molecule has 0 aromatic heterocycles. The molecule has 5 nitrogen and oxygen atoms in total. The molecule has 0 bridgehead atoms. The lowest BCUT2D eigenvalue weighted by Crippen LogP contribution is -2.44. The highest BCUT2D eigenvalue weighted by Gasteiger charge is 2.46. The van der Waals surface area contributed by atoms with Crippen molar-refractivity contribution in [2.75, 3.05) is 6.26 Å². The maximum absolute atomic E-state index is 12.6. The van der Waals surface area contributed by atoms with Gasteiger partial charge >= 0.3 is 0 Å². The molecule has 0 spiro atoms. The minimum atomic E-state index is -3.46. The molecular formula is C16H17ClO5S. The molecule has 2 rings (SSSR count). The van der Waals surface area contributed by atoms with Gasteiger partial charge in [-0.2, -0.15) is 0 Å². The van der Waals surface area contributed by atoms with Crippen molar-refractivity contribution < 1.29 is 22.8 Å². The van der Waals surface area contributed by atoms with Gasteiger partial charge in [-0.3, -0.25) is 14.4 Å². The molecule has 1 fully saturated rings. The topological polar surface area (TPSA) is 85.3 Å². The van der Waals surface area contributed by atoms with Crippen LogP contribution in [-0.4, -0.2) is 32.0 Å². The molecule has 7 heteroatoms. The fraction of sp³-hybridized carbons (Fsp3) is 0.438. The molecule has 0 heterocycles. The SMILES string of the molecule is CC1(C)CCC(=O)C(C(=O)c2ccc(S(C)(=O)=O)cc2Cl)C1=O. The first-order chi connectivity index (χ1) is 10.4. The third kappa shape index (κ3) is 3.38. The predicted octanol–water partition coefficient (Wildman–Crippen LogP) is 2.50. The van der Waals surface area contributed by atoms with E-state index in [0.29, 0.717) is 6.42 Å². The Labute approximate surface area is 139 Å². The molecule has 0 radical (unpaired) electrons. The number of ketones is 3. The molecule has 1 aliphatic carbocycles. The number of rotatable bonds is 3. The van der Waals surface area contributed by atoms with Gasteiger partial charge in [-0.25, -0.2) is 8.42 Å². The van der Waals surface area contributed by atoms with Crippen LogP contribution in [0.1, 0.15) is 37.0 Å². The molecule has 0 amide bonds. The maximum atomic E-state index is 12.6. The van der Waals surface area contributed by atoms with E-state index in [2.05, 4.69) is 0 Å². The van der Waals surface area contributed by atoms with Crippen LogP contribution < -0.4 is 0 Å². The first-order valence-corrected chi connectivity index (χ1v) is 9.33. The van der Waals surface area contributed by atoms with E-state index in [-0.39, 0.29) is 21.9 Å². The first kappa shape index (κ1) is 17.8. The fourth-order valence-corrected chi connectivity index (χ4v) is 3.57. The number of halogens is 1. The molecule has 1 atom stereocenters. The Morgan fingerprint density at radius 2 is 1.87 bits per heavy atom. The van der Waals surface area contributed by atoms with Crippen molar-refractivity contribution in [1.82, 2.24) is 0 Å². The maximum Gasteiger partial charge on any atom is 0.182 e. The molecule has 1 aromatic carbocycles. The number of Topliss-reactive ketones (excluding diaryl/α,β-unsaturated/α-hetero) is 3. The summed E-state index contributed by atoms with van der Waals surface area (Å²) in [5.41, 5.74) is -0.753. The molecule has 1 aliphatic rings. The minimum Gasteiger partial charge on any atom is -0.298 e. The zero-order valence-electron chi connectivity index (χ0n) is 13.1. The largest absolute Gasteiger partial charge is 0.298 e. The number of sulfone groups is 1. The van der Waals surface area contributed by atoms with Gasteiger partial charge in [0.25, 0.3) is 0 Å². The Morgan fingerprint density at radius 1 is 1.26 bits per heavy atom. The summed E-state index contributed by atoms with van der Waals surface area (Å²) in [7, 11) is -3.46. The third-order valence-corrected chi connectivity index (χ3v) is 5.57. The Bertz CT molecular complexity index is 808. The van der Waals surface area contributed by atoms with E-state index in [4.69, 9.17) is 11.6 Å². The minimum absolute atomic E-state index is 0.0107. The van der Waals surface area contributed by atoms with Crippen LogP contribution in [0.25, 0.3) is 0 Å². The predicted molar refractivity (Wildman–Crippen MR) is 85.4 cm³/mol. The van der Waals surface area contributed by atoms with Crippen molar-refractivity contribution >= 4 is 38.8 Å². The van der Waals surface area contributed by atoms with Gasteiger partial charge in [0.15, 0.2) is 27.2 Å². The van der Waals surface area contributed by atoms with Crippen LogP contribution >= 0.6 is 11.6 Å². The first-order valence-electron chi connectivity index (χ1n) is 7.06. The quantitative estimate of drug-likeness (QED) is 0.613. The molecule has 1 saturated carbocycles. The van der Waals surface area contributed by atoms with Gasteiger partial charge in [-0.05, 0) is 24.6 Å². The summed E-state index contributed by atoms with van der Waals surface area (Å²) in [5, 5.41) is -0.0816. The molecule has 1 aromatic rings. The summed E-state index contributed by atoms with van der Waals surface area (Å²) in [5.74, 6) is -2.86. The van der Waals surface area contributed by atoms with E-state index in [0.717, 1.165) is 12.3 Å². The van der Waals surface area contributed by atoms with Crippen LogP contribution in [0.3, 0.4) is 0 Å². The summed E-state index contributed by atoms with van der Waals surface area (Å²) >= 11 is 6.01. The lowest BCUT2D eigenvalue weighted by Gasteiger charge is -2.31. The van der Waals surface area contributed by atoms with Crippen LogP contribution in [-0.2, 0) is 19.4 Å². The lowest BCUT2D eigenvalue weighted by molar-refractivity contribution is -0.140. The summed E-state index contributed by atoms with van der Waals surface area (Å²) in [6, 6.07) is 3.66. The Morgan fingerprint density at radius 3 is 2.39 bits per heavy atom. The number of hydrogen-bond acceptors (Lipinski definition) is 5. The normalized spacial score (nSPS) is 21.3. The van der Waals surface area contributed by atoms with E-state index >= 15 is 0 Å². The van der Waals surface area contributed by atoms with E-state index in [1.165, 1.54) is 12.1 Å². The fourth-order valence-electron chi connectivity index (χ4n) is 2.59. The van der Waals surface area contributed by atoms with Gasteiger partial charge in [-0.1, -0.05) is 25.4 Å². The average molecular weight is 357 g/mol. The zero-order valence-corrected chi connectivity index (χ0v) is 14.6. The van der Waals surface area contributed by atoms with Gasteiger partial charge in [0.1, 0.15) is 5.92 Å². The smallest absolute Gasteiger partial charge is 0.182 e. The summed E-state index contributed by atoms with van der Waals surface area (Å²) in [4.78, 5) is 37.1. The van der Waals surface area contributed by atoms with E-state index in [9.17, 15) is 22.8 Å². The monoisotopic (exact) mass is 356 g/mol. The second kappa shape index (κ2) is 5.83. The number of carbonyl (C=O) groups is 3. The number of hydrogen-bond donors (Lipinski definition) is 0. The van der Waals surface area contributed by atoms with Crippen molar-refractivity contribution in [3.63, 3.8) is 0 Å². The second-order valence-corrected chi connectivity index (χ2v) is 8.85. The standard InChI is InChI=1S/C16H17ClO5S/c1-16(2)7-6-12(18)13(15(16)20)14(19)10-5-4-9(8-11(10)17)23(3,21)22/h4-5,8,13H,6-7H2,1-3H3. The zero-order chi connectivity index (χ0) is 17.6. The summed E-state index contributed by atoms with van der Waals surface area (Å²) < 4.78 is 23.0. The van der Waals surface area contributed by atoms with Crippen LogP contribution in [0.4, 0.5) is 0 Å². The average Bonchev–Trinajstić information content (AvgIpc) is 2.42. The Balaban J connectivity index is 2.44. The summed E-state index contributed by atoms with van der Waals surface area (Å²) in [6.45, 7) is 3.41. The molecule has 0 saturated heterocycles. The van der Waals surface area contributed by atoms with Crippen LogP contribution in [0, 0.1) is 11.3 Å². The van der Waals surface area contributed by atoms with Crippen molar-refractivity contribution in [3.05, 3.63) is 28.8 Å². The highest BCUT2D eigenvalue weighted by atomic mass is 35.5. The van der Waals surface area contributed by atoms with Gasteiger partial charge < -0.3 is 0 Å². The van der Waals surface area contributed by atoms with Gasteiger partial charge in [0.05, 0.1) is 9.92 Å². The van der Waals surface area contributed by atoms with E-state index in [1.54, 1.807) is 13.8 Å². The molecule has 1 unspecified atom stereocenters. The number of carbonyl (C=O) groups excluding carboxylic acids is 3. The van der Waals surface area contributed by atoms with Crippen molar-refractivity contribution in [1.29, 1.82) is 0 Å². The van der Waals surface area contributed by atoms with Crippen LogP contribution in [0.2, 0.25) is 5.02 Å². The van der Waals surface area contributed by atoms with Gasteiger partial charge in [0.2, 0.25) is 0 Å². The highest BCUT2D eigenvalue weighted by Crippen LogP contribution is 2.36. The Hall–Kier alpha value is -1.53. The molecule has 124 valence electrons. The van der Waals surface area contributed by atoms with Crippen molar-refractivity contribution in [2.45, 2.75) is 31.6 Å². The second-order valence-electron chi connectivity index (χ2n) is 6.43. The van der Waals surface area contributed by atoms with Crippen LogP contribution in [0.15, 0.2) is 23.1 Å². The summed E-state index contributed by atoms with van der Waals surface area (Å²) in [6.07, 6.45) is 1.60. The molecule has 0 N–H and O–H groups in total. The van der Waals surface area contributed by atoms with E-state index in [1.807, 2.05) is 0 Å². The third-order valence-electron chi connectivity index (χ3n) is 4.14. The Kier molecular flexibility index (Phi) is 4.52. The van der Waals surface area contributed by atoms with Crippen molar-refractivity contribution in [3.8, 4) is 0 Å². The number of benzene rings is 1. The van der Waals surface area contributed by atoms with Gasteiger partial charge in [-0.15, -0.1) is 0 Å². The molecule has 23 heavy (non-hydrogen) atoms. The molecular weight excluding hydrogens is 340 g/mol. The highest BCUT2D eigenvalue weighted by molar-refractivity contribution is 7.90.